The molecule has 6 nitrogen and oxygen atoms in total. The summed E-state index contributed by atoms with van der Waals surface area (Å²) in [5.74, 6) is 0.170. The Balaban J connectivity index is 2.06. The SMILES string of the molecule is C=CCOC(=O)C1=C(C)N=C2SC(C)C(=O)N2C1c1ccc(OCC)cc1. The predicted octanol–water partition coefficient (Wildman–Crippen LogP) is 3.46. The Morgan fingerprint density at radius 1 is 1.37 bits per heavy atom. The molecule has 0 bridgehead atoms. The minimum atomic E-state index is -0.574. The largest absolute Gasteiger partial charge is 0.494 e. The van der Waals surface area contributed by atoms with Crippen molar-refractivity contribution in [1.82, 2.24) is 4.90 Å². The second-order valence-electron chi connectivity index (χ2n) is 6.15. The zero-order valence-corrected chi connectivity index (χ0v) is 16.4. The lowest BCUT2D eigenvalue weighted by Crippen LogP contribution is -2.40. The molecule has 3 rings (SSSR count). The molecule has 1 saturated heterocycles. The van der Waals surface area contributed by atoms with E-state index in [-0.39, 0.29) is 17.8 Å². The number of fused-ring (bicyclic) bond motifs is 1. The van der Waals surface area contributed by atoms with E-state index in [0.717, 1.165) is 11.3 Å². The number of aliphatic imine (C=N–C) groups is 1. The van der Waals surface area contributed by atoms with Crippen LogP contribution in [-0.4, -0.2) is 40.4 Å². The Morgan fingerprint density at radius 3 is 2.70 bits per heavy atom. The molecule has 7 heteroatoms. The fourth-order valence-electron chi connectivity index (χ4n) is 3.10. The quantitative estimate of drug-likeness (QED) is 0.553. The second-order valence-corrected chi connectivity index (χ2v) is 7.46. The van der Waals surface area contributed by atoms with Gasteiger partial charge in [-0.1, -0.05) is 36.5 Å². The number of ether oxygens (including phenoxy) is 2. The maximum atomic E-state index is 12.8. The van der Waals surface area contributed by atoms with Gasteiger partial charge in [0.05, 0.1) is 29.2 Å². The first-order valence-corrected chi connectivity index (χ1v) is 9.65. The molecule has 142 valence electrons. The molecule has 0 aliphatic carbocycles. The number of rotatable bonds is 6. The third-order valence-electron chi connectivity index (χ3n) is 4.32. The van der Waals surface area contributed by atoms with Crippen molar-refractivity contribution >= 4 is 28.8 Å². The Bertz CT molecular complexity index is 829. The highest BCUT2D eigenvalue weighted by Gasteiger charge is 2.46. The molecule has 0 aromatic heterocycles. The monoisotopic (exact) mass is 386 g/mol. The van der Waals surface area contributed by atoms with E-state index in [1.807, 2.05) is 38.1 Å². The van der Waals surface area contributed by atoms with Crippen LogP contribution >= 0.6 is 11.8 Å². The van der Waals surface area contributed by atoms with Crippen LogP contribution < -0.4 is 4.74 Å². The fraction of sp³-hybridized carbons (Fsp3) is 0.350. The molecule has 1 aromatic carbocycles. The van der Waals surface area contributed by atoms with Crippen LogP contribution in [0.2, 0.25) is 0 Å². The predicted molar refractivity (Wildman–Crippen MR) is 106 cm³/mol. The zero-order valence-electron chi connectivity index (χ0n) is 15.6. The number of amidine groups is 1. The number of allylic oxidation sites excluding steroid dienone is 1. The summed E-state index contributed by atoms with van der Waals surface area (Å²) in [5, 5.41) is 0.370. The molecule has 2 unspecified atom stereocenters. The summed E-state index contributed by atoms with van der Waals surface area (Å²) in [6.45, 7) is 9.76. The van der Waals surface area contributed by atoms with Gasteiger partial charge in [-0.15, -0.1) is 0 Å². The number of hydrogen-bond acceptors (Lipinski definition) is 6. The Morgan fingerprint density at radius 2 is 2.07 bits per heavy atom. The van der Waals surface area contributed by atoms with Gasteiger partial charge in [0.25, 0.3) is 0 Å². The average molecular weight is 386 g/mol. The average Bonchev–Trinajstić information content (AvgIpc) is 2.93. The standard InChI is InChI=1S/C20H22N2O4S/c1-5-11-26-19(24)16-12(3)21-20-22(18(23)13(4)27-20)17(16)14-7-9-15(10-8-14)25-6-2/h5,7-10,13,17H,1,6,11H2,2-4H3. The van der Waals surface area contributed by atoms with Gasteiger partial charge in [-0.3, -0.25) is 9.69 Å². The molecule has 1 fully saturated rings. The lowest BCUT2D eigenvalue weighted by Gasteiger charge is -2.33. The van der Waals surface area contributed by atoms with Crippen LogP contribution in [0.5, 0.6) is 5.75 Å². The van der Waals surface area contributed by atoms with E-state index in [1.165, 1.54) is 17.8 Å². The first-order valence-electron chi connectivity index (χ1n) is 8.77. The number of carbonyl (C=O) groups excluding carboxylic acids is 2. The summed E-state index contributed by atoms with van der Waals surface area (Å²) in [4.78, 5) is 31.6. The number of nitrogens with zero attached hydrogens (tertiary/aromatic N) is 2. The Hall–Kier alpha value is -2.54. The Kier molecular flexibility index (Phi) is 5.70. The maximum absolute atomic E-state index is 12.8. The van der Waals surface area contributed by atoms with Gasteiger partial charge in [-0.2, -0.15) is 0 Å². The van der Waals surface area contributed by atoms with Crippen LogP contribution in [0.15, 0.2) is 53.2 Å². The van der Waals surface area contributed by atoms with Crippen molar-refractivity contribution in [2.45, 2.75) is 32.1 Å². The number of hydrogen-bond donors (Lipinski definition) is 0. The van der Waals surface area contributed by atoms with Gasteiger partial charge >= 0.3 is 5.97 Å². The molecule has 0 radical (unpaired) electrons. The summed E-state index contributed by atoms with van der Waals surface area (Å²) in [6.07, 6.45) is 1.51. The second kappa shape index (κ2) is 8.00. The van der Waals surface area contributed by atoms with Crippen molar-refractivity contribution in [3.05, 3.63) is 53.8 Å². The fourth-order valence-corrected chi connectivity index (χ4v) is 4.13. The third kappa shape index (κ3) is 3.64. The topological polar surface area (TPSA) is 68.2 Å². The van der Waals surface area contributed by atoms with E-state index in [1.54, 1.807) is 11.8 Å². The van der Waals surface area contributed by atoms with Crippen molar-refractivity contribution in [3.8, 4) is 5.75 Å². The van der Waals surface area contributed by atoms with Crippen LogP contribution in [0.1, 0.15) is 32.4 Å². The first-order chi connectivity index (χ1) is 13.0. The number of esters is 1. The van der Waals surface area contributed by atoms with Crippen LogP contribution in [0.25, 0.3) is 0 Å². The molecule has 1 aromatic rings. The Labute approximate surface area is 162 Å². The smallest absolute Gasteiger partial charge is 0.338 e. The van der Waals surface area contributed by atoms with Crippen LogP contribution in [0.4, 0.5) is 0 Å². The third-order valence-corrected chi connectivity index (χ3v) is 5.37. The molecular formula is C20H22N2O4S. The number of carbonyl (C=O) groups is 2. The highest BCUT2D eigenvalue weighted by Crippen LogP contribution is 2.43. The van der Waals surface area contributed by atoms with E-state index in [4.69, 9.17) is 9.47 Å². The van der Waals surface area contributed by atoms with Gasteiger partial charge < -0.3 is 9.47 Å². The van der Waals surface area contributed by atoms with Crippen LogP contribution in [0.3, 0.4) is 0 Å². The zero-order chi connectivity index (χ0) is 19.6. The van der Waals surface area contributed by atoms with E-state index < -0.39 is 12.0 Å². The molecule has 2 heterocycles. The summed E-state index contributed by atoms with van der Waals surface area (Å²) in [7, 11) is 0. The number of thioether (sulfide) groups is 1. The van der Waals surface area contributed by atoms with Crippen molar-refractivity contribution in [2.75, 3.05) is 13.2 Å². The van der Waals surface area contributed by atoms with Crippen molar-refractivity contribution < 1.29 is 19.1 Å². The lowest BCUT2D eigenvalue weighted by molar-refractivity contribution is -0.139. The minimum Gasteiger partial charge on any atom is -0.494 e. The summed E-state index contributed by atoms with van der Waals surface area (Å²) in [6, 6.07) is 6.84. The van der Waals surface area contributed by atoms with Gasteiger partial charge in [0.2, 0.25) is 5.91 Å². The number of amides is 1. The minimum absolute atomic E-state index is 0.0702. The first kappa shape index (κ1) is 19.2. The molecular weight excluding hydrogens is 364 g/mol. The van der Waals surface area contributed by atoms with Gasteiger partial charge in [0, 0.05) is 0 Å². The van der Waals surface area contributed by atoms with Crippen molar-refractivity contribution in [3.63, 3.8) is 0 Å². The van der Waals surface area contributed by atoms with Gasteiger partial charge in [-0.25, -0.2) is 9.79 Å². The highest BCUT2D eigenvalue weighted by molar-refractivity contribution is 8.15. The van der Waals surface area contributed by atoms with Crippen LogP contribution in [-0.2, 0) is 14.3 Å². The van der Waals surface area contributed by atoms with Gasteiger partial charge in [0.1, 0.15) is 12.4 Å². The maximum Gasteiger partial charge on any atom is 0.338 e. The molecule has 2 atom stereocenters. The summed E-state index contributed by atoms with van der Waals surface area (Å²) >= 11 is 1.40. The van der Waals surface area contributed by atoms with Crippen molar-refractivity contribution in [1.29, 1.82) is 0 Å². The van der Waals surface area contributed by atoms with Gasteiger partial charge in [0.15, 0.2) is 5.17 Å². The highest BCUT2D eigenvalue weighted by atomic mass is 32.2. The molecule has 0 spiro atoms. The molecule has 0 N–H and O–H groups in total. The van der Waals surface area contributed by atoms with Gasteiger partial charge in [-0.05, 0) is 38.5 Å². The van der Waals surface area contributed by atoms with E-state index in [9.17, 15) is 9.59 Å². The molecule has 0 saturated carbocycles. The van der Waals surface area contributed by atoms with E-state index in [0.29, 0.717) is 23.0 Å². The molecule has 2 aliphatic heterocycles. The van der Waals surface area contributed by atoms with Crippen LogP contribution in [0, 0.1) is 0 Å². The molecule has 1 amide bonds. The van der Waals surface area contributed by atoms with E-state index >= 15 is 0 Å². The molecule has 2 aliphatic rings. The molecule has 27 heavy (non-hydrogen) atoms. The van der Waals surface area contributed by atoms with E-state index in [2.05, 4.69) is 11.6 Å². The normalized spacial score (nSPS) is 21.7. The lowest BCUT2D eigenvalue weighted by atomic mass is 9.94. The number of benzene rings is 1. The summed E-state index contributed by atoms with van der Waals surface area (Å²) in [5.41, 5.74) is 1.73. The van der Waals surface area contributed by atoms with Crippen molar-refractivity contribution in [2.24, 2.45) is 4.99 Å². The summed E-state index contributed by atoms with van der Waals surface area (Å²) < 4.78 is 10.8.